The molecule has 6 nitrogen and oxygen atoms in total. The van der Waals surface area contributed by atoms with Crippen molar-refractivity contribution in [1.29, 1.82) is 0 Å². The van der Waals surface area contributed by atoms with Gasteiger partial charge in [0.25, 0.3) is 0 Å². The van der Waals surface area contributed by atoms with Crippen LogP contribution < -0.4 is 5.32 Å². The van der Waals surface area contributed by atoms with Crippen LogP contribution in [0.15, 0.2) is 54.6 Å². The number of anilines is 1. The van der Waals surface area contributed by atoms with E-state index >= 15 is 0 Å². The van der Waals surface area contributed by atoms with Crippen molar-refractivity contribution >= 4 is 23.5 Å². The second-order valence-corrected chi connectivity index (χ2v) is 4.90. The van der Waals surface area contributed by atoms with Crippen molar-refractivity contribution in [3.8, 4) is 0 Å². The Hall–Kier alpha value is -3.15. The first-order valence-electron chi connectivity index (χ1n) is 7.33. The molecule has 0 fully saturated rings. The molecule has 0 heterocycles. The minimum Gasteiger partial charge on any atom is -0.458 e. The summed E-state index contributed by atoms with van der Waals surface area (Å²) in [5, 5.41) is 2.58. The van der Waals surface area contributed by atoms with E-state index in [4.69, 9.17) is 9.47 Å². The van der Waals surface area contributed by atoms with E-state index in [1.165, 1.54) is 13.0 Å². The lowest BCUT2D eigenvalue weighted by atomic mass is 10.2. The van der Waals surface area contributed by atoms with E-state index in [0.29, 0.717) is 16.8 Å². The first kappa shape index (κ1) is 17.2. The predicted octanol–water partition coefficient (Wildman–Crippen LogP) is 2.66. The smallest absolute Gasteiger partial charge is 0.338 e. The second-order valence-electron chi connectivity index (χ2n) is 4.90. The molecule has 1 N–H and O–H groups in total. The van der Waals surface area contributed by atoms with Gasteiger partial charge in [-0.2, -0.15) is 0 Å². The number of hydrogen-bond donors (Lipinski definition) is 1. The van der Waals surface area contributed by atoms with Gasteiger partial charge < -0.3 is 14.8 Å². The second kappa shape index (κ2) is 8.47. The number of benzene rings is 2. The van der Waals surface area contributed by atoms with E-state index in [-0.39, 0.29) is 19.1 Å². The largest absolute Gasteiger partial charge is 0.458 e. The van der Waals surface area contributed by atoms with E-state index in [2.05, 4.69) is 5.32 Å². The molecule has 0 spiro atoms. The fourth-order valence-electron chi connectivity index (χ4n) is 1.94. The van der Waals surface area contributed by atoms with E-state index in [1.807, 2.05) is 0 Å². The third kappa shape index (κ3) is 5.24. The molecule has 0 aliphatic heterocycles. The van der Waals surface area contributed by atoms with Crippen molar-refractivity contribution < 1.29 is 23.9 Å². The summed E-state index contributed by atoms with van der Waals surface area (Å²) in [6.07, 6.45) is 0. The number of amides is 1. The molecule has 0 radical (unpaired) electrons. The molecule has 0 atom stereocenters. The van der Waals surface area contributed by atoms with Gasteiger partial charge in [-0.05, 0) is 30.3 Å². The normalized spacial score (nSPS) is 9.88. The van der Waals surface area contributed by atoms with Crippen molar-refractivity contribution in [2.24, 2.45) is 0 Å². The molecule has 0 saturated heterocycles. The maximum Gasteiger partial charge on any atom is 0.338 e. The van der Waals surface area contributed by atoms with Crippen molar-refractivity contribution in [3.63, 3.8) is 0 Å². The van der Waals surface area contributed by atoms with Crippen LogP contribution in [0.2, 0.25) is 0 Å². The van der Waals surface area contributed by atoms with E-state index < -0.39 is 11.9 Å². The van der Waals surface area contributed by atoms with Crippen molar-refractivity contribution in [2.45, 2.75) is 6.92 Å². The maximum atomic E-state index is 11.9. The van der Waals surface area contributed by atoms with Gasteiger partial charge in [-0.15, -0.1) is 0 Å². The molecule has 0 unspecified atom stereocenters. The highest BCUT2D eigenvalue weighted by atomic mass is 16.6. The summed E-state index contributed by atoms with van der Waals surface area (Å²) in [5.41, 5.74) is 1.25. The predicted molar refractivity (Wildman–Crippen MR) is 87.8 cm³/mol. The summed E-state index contributed by atoms with van der Waals surface area (Å²) in [6.45, 7) is 1.29. The molecule has 0 aliphatic rings. The maximum absolute atomic E-state index is 11.9. The average Bonchev–Trinajstić information content (AvgIpc) is 2.58. The summed E-state index contributed by atoms with van der Waals surface area (Å²) >= 11 is 0. The van der Waals surface area contributed by atoms with Gasteiger partial charge in [0.05, 0.1) is 11.1 Å². The molecule has 2 aromatic carbocycles. The topological polar surface area (TPSA) is 81.7 Å². The van der Waals surface area contributed by atoms with Gasteiger partial charge in [-0.25, -0.2) is 9.59 Å². The highest BCUT2D eigenvalue weighted by Gasteiger charge is 2.10. The molecule has 1 amide bonds. The lowest BCUT2D eigenvalue weighted by Crippen LogP contribution is -2.14. The van der Waals surface area contributed by atoms with Gasteiger partial charge in [-0.3, -0.25) is 4.79 Å². The van der Waals surface area contributed by atoms with Crippen molar-refractivity contribution in [2.75, 3.05) is 18.5 Å². The Balaban J connectivity index is 1.79. The van der Waals surface area contributed by atoms with Crippen LogP contribution in [0.5, 0.6) is 0 Å². The number of ether oxygens (including phenoxy) is 2. The molecule has 24 heavy (non-hydrogen) atoms. The zero-order valence-corrected chi connectivity index (χ0v) is 13.2. The minimum atomic E-state index is -0.557. The standard InChI is InChI=1S/C18H17NO5/c1-13(20)19-16-9-5-8-15(12-16)18(22)24-11-10-23-17(21)14-6-3-2-4-7-14/h2-9,12H,10-11H2,1H3,(H,19,20). The molecule has 0 aromatic heterocycles. The van der Waals surface area contributed by atoms with Gasteiger partial charge in [0, 0.05) is 12.6 Å². The van der Waals surface area contributed by atoms with Gasteiger partial charge >= 0.3 is 11.9 Å². The number of esters is 2. The van der Waals surface area contributed by atoms with Gasteiger partial charge in [0.2, 0.25) is 5.91 Å². The van der Waals surface area contributed by atoms with Crippen LogP contribution in [0, 0.1) is 0 Å². The van der Waals surface area contributed by atoms with Crippen LogP contribution in [0.1, 0.15) is 27.6 Å². The van der Waals surface area contributed by atoms with E-state index in [9.17, 15) is 14.4 Å². The Morgan fingerprint density at radius 3 is 2.04 bits per heavy atom. The highest BCUT2D eigenvalue weighted by molar-refractivity contribution is 5.93. The van der Waals surface area contributed by atoms with Crippen LogP contribution in [0.4, 0.5) is 5.69 Å². The van der Waals surface area contributed by atoms with Gasteiger partial charge in [0.1, 0.15) is 13.2 Å². The molecule has 124 valence electrons. The molecular formula is C18H17NO5. The summed E-state index contributed by atoms with van der Waals surface area (Å²) in [7, 11) is 0. The monoisotopic (exact) mass is 327 g/mol. The summed E-state index contributed by atoms with van der Waals surface area (Å²) in [4.78, 5) is 34.6. The molecule has 0 bridgehead atoms. The Kier molecular flexibility index (Phi) is 6.08. The lowest BCUT2D eigenvalue weighted by Gasteiger charge is -2.08. The lowest BCUT2D eigenvalue weighted by molar-refractivity contribution is -0.114. The SMILES string of the molecule is CC(=O)Nc1cccc(C(=O)OCCOC(=O)c2ccccc2)c1. The highest BCUT2D eigenvalue weighted by Crippen LogP contribution is 2.11. The van der Waals surface area contributed by atoms with Crippen molar-refractivity contribution in [3.05, 3.63) is 65.7 Å². The van der Waals surface area contributed by atoms with Crippen LogP contribution >= 0.6 is 0 Å². The molecular weight excluding hydrogens is 310 g/mol. The van der Waals surface area contributed by atoms with Gasteiger partial charge in [-0.1, -0.05) is 24.3 Å². The third-order valence-electron chi connectivity index (χ3n) is 2.98. The Morgan fingerprint density at radius 2 is 1.42 bits per heavy atom. The Bertz CT molecular complexity index is 727. The summed E-state index contributed by atoms with van der Waals surface area (Å²) < 4.78 is 10.1. The van der Waals surface area contributed by atoms with Crippen LogP contribution in [-0.2, 0) is 14.3 Å². The zero-order valence-electron chi connectivity index (χ0n) is 13.2. The van der Waals surface area contributed by atoms with Crippen molar-refractivity contribution in [1.82, 2.24) is 0 Å². The number of nitrogens with one attached hydrogen (secondary N) is 1. The molecule has 0 saturated carbocycles. The van der Waals surface area contributed by atoms with Crippen LogP contribution in [0.3, 0.4) is 0 Å². The quantitative estimate of drug-likeness (QED) is 0.651. The van der Waals surface area contributed by atoms with Crippen LogP contribution in [-0.4, -0.2) is 31.1 Å². The molecule has 2 rings (SSSR count). The fraction of sp³-hybridized carbons (Fsp3) is 0.167. The van der Waals surface area contributed by atoms with E-state index in [0.717, 1.165) is 0 Å². The number of carbonyl (C=O) groups excluding carboxylic acids is 3. The average molecular weight is 327 g/mol. The Labute approximate surface area is 139 Å². The number of carbonyl (C=O) groups is 3. The van der Waals surface area contributed by atoms with Gasteiger partial charge in [0.15, 0.2) is 0 Å². The minimum absolute atomic E-state index is 0.0369. The van der Waals surface area contributed by atoms with E-state index in [1.54, 1.807) is 48.5 Å². The summed E-state index contributed by atoms with van der Waals surface area (Å²) in [5.74, 6) is -1.26. The first-order chi connectivity index (χ1) is 11.6. The number of hydrogen-bond acceptors (Lipinski definition) is 5. The molecule has 2 aromatic rings. The molecule has 6 heteroatoms. The summed E-state index contributed by atoms with van der Waals surface area (Å²) in [6, 6.07) is 14.9. The zero-order chi connectivity index (χ0) is 17.4. The first-order valence-corrected chi connectivity index (χ1v) is 7.33. The Morgan fingerprint density at radius 1 is 0.833 bits per heavy atom. The number of rotatable bonds is 6. The fourth-order valence-corrected chi connectivity index (χ4v) is 1.94. The van der Waals surface area contributed by atoms with Crippen LogP contribution in [0.25, 0.3) is 0 Å². The third-order valence-corrected chi connectivity index (χ3v) is 2.98. The molecule has 0 aliphatic carbocycles.